The van der Waals surface area contributed by atoms with Crippen molar-refractivity contribution in [2.24, 2.45) is 0 Å². The van der Waals surface area contributed by atoms with Crippen molar-refractivity contribution in [2.45, 2.75) is 18.9 Å². The van der Waals surface area contributed by atoms with E-state index < -0.39 is 0 Å². The number of hydrogen-bond donors (Lipinski definition) is 1. The summed E-state index contributed by atoms with van der Waals surface area (Å²) >= 11 is 3.45. The Bertz CT molecular complexity index is 326. The molecule has 84 valence electrons. The van der Waals surface area contributed by atoms with E-state index in [-0.39, 0.29) is 12.4 Å². The lowest BCUT2D eigenvalue weighted by Crippen LogP contribution is -2.13. The third-order valence-corrected chi connectivity index (χ3v) is 3.12. The van der Waals surface area contributed by atoms with E-state index in [1.165, 1.54) is 18.4 Å². The summed E-state index contributed by atoms with van der Waals surface area (Å²) in [6.07, 6.45) is 2.46. The number of methoxy groups -OCH3 is 1. The van der Waals surface area contributed by atoms with Gasteiger partial charge >= 0.3 is 0 Å². The maximum Gasteiger partial charge on any atom is 0.124 e. The zero-order chi connectivity index (χ0) is 9.97. The van der Waals surface area contributed by atoms with Crippen molar-refractivity contribution in [2.75, 3.05) is 13.7 Å². The van der Waals surface area contributed by atoms with Crippen LogP contribution in [0.25, 0.3) is 0 Å². The van der Waals surface area contributed by atoms with Crippen LogP contribution in [-0.2, 0) is 0 Å². The van der Waals surface area contributed by atoms with Gasteiger partial charge in [-0.15, -0.1) is 12.4 Å². The first-order chi connectivity index (χ1) is 6.81. The average molecular weight is 293 g/mol. The summed E-state index contributed by atoms with van der Waals surface area (Å²) in [7, 11) is 1.72. The zero-order valence-corrected chi connectivity index (χ0v) is 11.0. The van der Waals surface area contributed by atoms with Crippen molar-refractivity contribution in [3.05, 3.63) is 28.2 Å². The van der Waals surface area contributed by atoms with Gasteiger partial charge in [0.15, 0.2) is 0 Å². The summed E-state index contributed by atoms with van der Waals surface area (Å²) in [4.78, 5) is 0. The van der Waals surface area contributed by atoms with Crippen molar-refractivity contribution >= 4 is 28.3 Å². The van der Waals surface area contributed by atoms with Crippen molar-refractivity contribution < 1.29 is 4.74 Å². The van der Waals surface area contributed by atoms with Gasteiger partial charge < -0.3 is 10.1 Å². The minimum Gasteiger partial charge on any atom is -0.496 e. The van der Waals surface area contributed by atoms with Crippen molar-refractivity contribution in [3.63, 3.8) is 0 Å². The molecule has 0 bridgehead atoms. The van der Waals surface area contributed by atoms with Gasteiger partial charge in [0.2, 0.25) is 0 Å². The molecule has 15 heavy (non-hydrogen) atoms. The Morgan fingerprint density at radius 2 is 2.27 bits per heavy atom. The summed E-state index contributed by atoms with van der Waals surface area (Å²) in [6.45, 7) is 1.11. The van der Waals surface area contributed by atoms with Gasteiger partial charge in [0.25, 0.3) is 0 Å². The predicted octanol–water partition coefficient (Wildman–Crippen LogP) is 3.30. The first-order valence-corrected chi connectivity index (χ1v) is 5.67. The van der Waals surface area contributed by atoms with E-state index in [1.54, 1.807) is 7.11 Å². The highest BCUT2D eigenvalue weighted by Gasteiger charge is 2.19. The molecule has 4 heteroatoms. The van der Waals surface area contributed by atoms with E-state index in [2.05, 4.69) is 33.4 Å². The zero-order valence-electron chi connectivity index (χ0n) is 8.63. The van der Waals surface area contributed by atoms with Crippen LogP contribution in [0.1, 0.15) is 24.4 Å². The molecule has 1 aliphatic heterocycles. The lowest BCUT2D eigenvalue weighted by atomic mass is 10.0. The molecule has 1 atom stereocenters. The highest BCUT2D eigenvalue weighted by Crippen LogP contribution is 2.32. The Morgan fingerprint density at radius 3 is 2.87 bits per heavy atom. The molecule has 0 aromatic heterocycles. The number of rotatable bonds is 2. The molecule has 1 aromatic carbocycles. The van der Waals surface area contributed by atoms with Crippen LogP contribution in [0.2, 0.25) is 0 Å². The number of ether oxygens (including phenoxy) is 1. The lowest BCUT2D eigenvalue weighted by Gasteiger charge is -2.15. The van der Waals surface area contributed by atoms with E-state index in [0.717, 1.165) is 16.8 Å². The topological polar surface area (TPSA) is 21.3 Å². The van der Waals surface area contributed by atoms with Gasteiger partial charge in [-0.05, 0) is 31.5 Å². The maximum absolute atomic E-state index is 5.37. The second kappa shape index (κ2) is 5.73. The minimum atomic E-state index is 0. The monoisotopic (exact) mass is 291 g/mol. The van der Waals surface area contributed by atoms with Gasteiger partial charge in [-0.3, -0.25) is 0 Å². The molecular formula is C11H15BrClNO. The van der Waals surface area contributed by atoms with Crippen molar-refractivity contribution in [1.82, 2.24) is 5.32 Å². The van der Waals surface area contributed by atoms with Gasteiger partial charge in [-0.1, -0.05) is 22.0 Å². The number of benzene rings is 1. The minimum absolute atomic E-state index is 0. The summed E-state index contributed by atoms with van der Waals surface area (Å²) in [5, 5.41) is 3.47. The average Bonchev–Trinajstić information content (AvgIpc) is 2.70. The number of hydrogen-bond acceptors (Lipinski definition) is 2. The number of halogens is 2. The van der Waals surface area contributed by atoms with Crippen LogP contribution >= 0.6 is 28.3 Å². The fourth-order valence-corrected chi connectivity index (χ4v) is 2.26. The standard InChI is InChI=1S/C11H14BrNO.ClH/c1-14-11-7-8(12)4-5-9(11)10-3-2-6-13-10;/h4-5,7,10,13H,2-3,6H2,1H3;1H/t10-;/m1./s1. The first-order valence-electron chi connectivity index (χ1n) is 4.88. The fraction of sp³-hybridized carbons (Fsp3) is 0.455. The molecule has 1 N–H and O–H groups in total. The lowest BCUT2D eigenvalue weighted by molar-refractivity contribution is 0.403. The quantitative estimate of drug-likeness (QED) is 0.903. The molecule has 0 unspecified atom stereocenters. The molecule has 2 nitrogen and oxygen atoms in total. The van der Waals surface area contributed by atoms with Crippen molar-refractivity contribution in [1.29, 1.82) is 0 Å². The third kappa shape index (κ3) is 2.86. The second-order valence-corrected chi connectivity index (χ2v) is 4.45. The molecule has 0 amide bonds. The van der Waals surface area contributed by atoms with Crippen LogP contribution in [0.3, 0.4) is 0 Å². The fourth-order valence-electron chi connectivity index (χ4n) is 1.92. The molecular weight excluding hydrogens is 277 g/mol. The van der Waals surface area contributed by atoms with Gasteiger partial charge in [-0.2, -0.15) is 0 Å². The van der Waals surface area contributed by atoms with Crippen LogP contribution in [0, 0.1) is 0 Å². The third-order valence-electron chi connectivity index (χ3n) is 2.63. The summed E-state index contributed by atoms with van der Waals surface area (Å²) in [6, 6.07) is 6.69. The highest BCUT2D eigenvalue weighted by atomic mass is 79.9. The molecule has 0 radical (unpaired) electrons. The SMILES string of the molecule is COc1cc(Br)ccc1[C@H]1CCCN1.Cl. The molecule has 1 heterocycles. The molecule has 0 aliphatic carbocycles. The molecule has 0 spiro atoms. The van der Waals surface area contributed by atoms with Crippen LogP contribution in [0.4, 0.5) is 0 Å². The summed E-state index contributed by atoms with van der Waals surface area (Å²) in [5.41, 5.74) is 1.27. The molecule has 1 fully saturated rings. The number of nitrogens with one attached hydrogen (secondary N) is 1. The largest absolute Gasteiger partial charge is 0.496 e. The van der Waals surface area contributed by atoms with E-state index in [0.29, 0.717) is 6.04 Å². The van der Waals surface area contributed by atoms with E-state index in [4.69, 9.17) is 4.74 Å². The Morgan fingerprint density at radius 1 is 1.47 bits per heavy atom. The normalized spacial score (nSPS) is 19.7. The van der Waals surface area contributed by atoms with Crippen LogP contribution in [0.15, 0.2) is 22.7 Å². The smallest absolute Gasteiger partial charge is 0.124 e. The molecule has 1 aromatic rings. The van der Waals surface area contributed by atoms with Gasteiger partial charge in [0.1, 0.15) is 5.75 Å². The Hall–Kier alpha value is -0.250. The predicted molar refractivity (Wildman–Crippen MR) is 67.9 cm³/mol. The van der Waals surface area contributed by atoms with E-state index in [9.17, 15) is 0 Å². The van der Waals surface area contributed by atoms with Crippen LogP contribution in [-0.4, -0.2) is 13.7 Å². The molecule has 0 saturated carbocycles. The van der Waals surface area contributed by atoms with Gasteiger partial charge in [-0.25, -0.2) is 0 Å². The maximum atomic E-state index is 5.37. The van der Waals surface area contributed by atoms with Crippen molar-refractivity contribution in [3.8, 4) is 5.75 Å². The second-order valence-electron chi connectivity index (χ2n) is 3.54. The highest BCUT2D eigenvalue weighted by molar-refractivity contribution is 9.10. The van der Waals surface area contributed by atoms with Gasteiger partial charge in [0, 0.05) is 16.1 Å². The molecule has 1 aliphatic rings. The Balaban J connectivity index is 0.00000112. The molecule has 2 rings (SSSR count). The van der Waals surface area contributed by atoms with Crippen LogP contribution < -0.4 is 10.1 Å². The molecule has 1 saturated heterocycles. The summed E-state index contributed by atoms with van der Waals surface area (Å²) < 4.78 is 6.43. The Kier molecular flexibility index (Phi) is 4.90. The van der Waals surface area contributed by atoms with E-state index in [1.807, 2.05) is 6.07 Å². The Labute approximate surface area is 105 Å². The van der Waals surface area contributed by atoms with Gasteiger partial charge in [0.05, 0.1) is 7.11 Å². The summed E-state index contributed by atoms with van der Waals surface area (Å²) in [5.74, 6) is 0.971. The van der Waals surface area contributed by atoms with Crippen LogP contribution in [0.5, 0.6) is 5.75 Å². The first kappa shape index (κ1) is 12.8. The van der Waals surface area contributed by atoms with E-state index >= 15 is 0 Å².